The first-order chi connectivity index (χ1) is 14.9. The van der Waals surface area contributed by atoms with E-state index in [0.717, 1.165) is 6.08 Å². The molecule has 1 heterocycles. The topological polar surface area (TPSA) is 105 Å². The highest BCUT2D eigenvalue weighted by Gasteiger charge is 2.13. The first kappa shape index (κ1) is 22.0. The Balaban J connectivity index is 1.96. The van der Waals surface area contributed by atoms with Gasteiger partial charge in [-0.1, -0.05) is 18.2 Å². The molecule has 0 bridgehead atoms. The van der Waals surface area contributed by atoms with Crippen molar-refractivity contribution >= 4 is 51.5 Å². The lowest BCUT2D eigenvalue weighted by molar-refractivity contribution is -0.119. The van der Waals surface area contributed by atoms with Gasteiger partial charge in [0.15, 0.2) is 0 Å². The number of carbonyl (C=O) groups is 2. The van der Waals surface area contributed by atoms with Crippen molar-refractivity contribution in [3.05, 3.63) is 60.2 Å². The Kier molecular flexibility index (Phi) is 6.99. The molecule has 160 valence electrons. The van der Waals surface area contributed by atoms with Gasteiger partial charge in [-0.2, -0.15) is 0 Å². The zero-order valence-electron chi connectivity index (χ0n) is 16.5. The predicted octanol–water partition coefficient (Wildman–Crippen LogP) is 3.81. The van der Waals surface area contributed by atoms with Crippen molar-refractivity contribution in [3.8, 4) is 5.75 Å². The molecule has 10 heteroatoms. The Morgan fingerprint density at radius 1 is 1.26 bits per heavy atom. The second-order valence-electron chi connectivity index (χ2n) is 6.37. The number of halogens is 2. The van der Waals surface area contributed by atoms with E-state index in [9.17, 15) is 14.0 Å². The van der Waals surface area contributed by atoms with E-state index in [2.05, 4.69) is 32.5 Å². The third-order valence-electron chi connectivity index (χ3n) is 4.10. The predicted molar refractivity (Wildman–Crippen MR) is 117 cm³/mol. The summed E-state index contributed by atoms with van der Waals surface area (Å²) < 4.78 is 19.2. The van der Waals surface area contributed by atoms with Crippen LogP contribution in [0.15, 0.2) is 49.3 Å². The van der Waals surface area contributed by atoms with Gasteiger partial charge in [-0.05, 0) is 30.3 Å². The summed E-state index contributed by atoms with van der Waals surface area (Å²) in [5, 5.41) is 8.94. The maximum absolute atomic E-state index is 13.4. The Bertz CT molecular complexity index is 1160. The number of amides is 2. The van der Waals surface area contributed by atoms with Crippen LogP contribution in [-0.2, 0) is 9.59 Å². The molecule has 0 unspecified atom stereocenters. The fraction of sp³-hybridized carbons (Fsp3) is 0.143. The lowest BCUT2D eigenvalue weighted by Gasteiger charge is -2.15. The van der Waals surface area contributed by atoms with E-state index < -0.39 is 11.7 Å². The molecule has 8 nitrogen and oxygen atoms in total. The van der Waals surface area contributed by atoms with Gasteiger partial charge in [-0.3, -0.25) is 9.59 Å². The van der Waals surface area contributed by atoms with Crippen molar-refractivity contribution < 1.29 is 18.7 Å². The maximum atomic E-state index is 13.4. The van der Waals surface area contributed by atoms with Crippen LogP contribution >= 0.6 is 11.6 Å². The van der Waals surface area contributed by atoms with Crippen LogP contribution in [0.5, 0.6) is 5.75 Å². The number of carbonyl (C=O) groups excluding carboxylic acids is 2. The van der Waals surface area contributed by atoms with Gasteiger partial charge in [-0.15, -0.1) is 0 Å². The molecule has 0 saturated heterocycles. The van der Waals surface area contributed by atoms with Crippen LogP contribution in [0.2, 0.25) is 5.02 Å². The molecular weight excluding hydrogens is 425 g/mol. The first-order valence-corrected chi connectivity index (χ1v) is 9.56. The van der Waals surface area contributed by atoms with E-state index >= 15 is 0 Å². The molecule has 0 aliphatic heterocycles. The molecule has 1 aromatic heterocycles. The Morgan fingerprint density at radius 3 is 2.77 bits per heavy atom. The number of aromatic nitrogens is 2. The third kappa shape index (κ3) is 5.67. The Hall–Kier alpha value is -3.72. The second kappa shape index (κ2) is 9.86. The number of hydrogen-bond donors (Lipinski definition) is 3. The number of nitrogens with zero attached hydrogens (tertiary/aromatic N) is 2. The van der Waals surface area contributed by atoms with E-state index in [-0.39, 0.29) is 17.5 Å². The molecule has 3 N–H and O–H groups in total. The van der Waals surface area contributed by atoms with Crippen molar-refractivity contribution in [3.63, 3.8) is 0 Å². The Labute approximate surface area is 182 Å². The molecule has 0 aliphatic carbocycles. The van der Waals surface area contributed by atoms with E-state index in [1.165, 1.54) is 31.5 Å². The zero-order chi connectivity index (χ0) is 22.4. The fourth-order valence-electron chi connectivity index (χ4n) is 2.68. The summed E-state index contributed by atoms with van der Waals surface area (Å²) in [5.41, 5.74) is 1.44. The van der Waals surface area contributed by atoms with Crippen LogP contribution in [0.3, 0.4) is 0 Å². The summed E-state index contributed by atoms with van der Waals surface area (Å²) in [6.07, 6.45) is 2.49. The van der Waals surface area contributed by atoms with Crippen molar-refractivity contribution in [1.82, 2.24) is 15.3 Å². The summed E-state index contributed by atoms with van der Waals surface area (Å²) in [6.45, 7) is 5.34. The highest BCUT2D eigenvalue weighted by molar-refractivity contribution is 6.31. The Morgan fingerprint density at radius 2 is 2.06 bits per heavy atom. The standard InChI is InChI=1S/C21H19ClFN5O3/c1-3-20(30)28-18-9-14-17(10-19(18)31-7-6-24-12(2)29)25-11-26-21(14)27-13-4-5-16(23)15(22)8-13/h3-5,8-11H,1,6-7H2,2H3,(H,24,29)(H,28,30)(H,25,26,27). The van der Waals surface area contributed by atoms with Crippen LogP contribution in [-0.4, -0.2) is 34.9 Å². The van der Waals surface area contributed by atoms with Gasteiger partial charge in [0, 0.05) is 24.1 Å². The lowest BCUT2D eigenvalue weighted by Crippen LogP contribution is -2.25. The largest absolute Gasteiger partial charge is 0.489 e. The molecule has 3 rings (SSSR count). The normalized spacial score (nSPS) is 10.4. The van der Waals surface area contributed by atoms with E-state index in [0.29, 0.717) is 40.4 Å². The number of benzene rings is 2. The van der Waals surface area contributed by atoms with Crippen molar-refractivity contribution in [2.45, 2.75) is 6.92 Å². The molecule has 0 spiro atoms. The number of rotatable bonds is 8. The summed E-state index contributed by atoms with van der Waals surface area (Å²) in [5.74, 6) is -0.348. The van der Waals surface area contributed by atoms with E-state index in [4.69, 9.17) is 16.3 Å². The molecule has 3 aromatic rings. The SMILES string of the molecule is C=CC(=O)Nc1cc2c(Nc3ccc(F)c(Cl)c3)ncnc2cc1OCCNC(C)=O. The van der Waals surface area contributed by atoms with Crippen LogP contribution in [0.1, 0.15) is 6.92 Å². The van der Waals surface area contributed by atoms with E-state index in [1.807, 2.05) is 0 Å². The first-order valence-electron chi connectivity index (χ1n) is 9.19. The van der Waals surface area contributed by atoms with Gasteiger partial charge in [0.1, 0.15) is 30.3 Å². The number of nitrogens with one attached hydrogen (secondary N) is 3. The minimum Gasteiger partial charge on any atom is -0.489 e. The highest BCUT2D eigenvalue weighted by Crippen LogP contribution is 2.33. The average molecular weight is 444 g/mol. The van der Waals surface area contributed by atoms with Crippen LogP contribution in [0.25, 0.3) is 10.9 Å². The molecule has 31 heavy (non-hydrogen) atoms. The number of hydrogen-bond acceptors (Lipinski definition) is 6. The van der Waals surface area contributed by atoms with Gasteiger partial charge >= 0.3 is 0 Å². The monoisotopic (exact) mass is 443 g/mol. The van der Waals surface area contributed by atoms with Crippen LogP contribution < -0.4 is 20.7 Å². The van der Waals surface area contributed by atoms with Gasteiger partial charge < -0.3 is 20.7 Å². The van der Waals surface area contributed by atoms with Gasteiger partial charge in [-0.25, -0.2) is 14.4 Å². The highest BCUT2D eigenvalue weighted by atomic mass is 35.5. The average Bonchev–Trinajstić information content (AvgIpc) is 2.74. The minimum absolute atomic E-state index is 0.0304. The van der Waals surface area contributed by atoms with Crippen molar-refractivity contribution in [2.75, 3.05) is 23.8 Å². The number of ether oxygens (including phenoxy) is 1. The summed E-state index contributed by atoms with van der Waals surface area (Å²) >= 11 is 5.85. The molecule has 2 amide bonds. The summed E-state index contributed by atoms with van der Waals surface area (Å²) in [7, 11) is 0. The van der Waals surface area contributed by atoms with Gasteiger partial charge in [0.05, 0.1) is 22.8 Å². The minimum atomic E-state index is -0.532. The fourth-order valence-corrected chi connectivity index (χ4v) is 2.86. The molecule has 2 aromatic carbocycles. The lowest BCUT2D eigenvalue weighted by atomic mass is 10.1. The molecule has 0 radical (unpaired) electrons. The molecule has 0 aliphatic rings. The third-order valence-corrected chi connectivity index (χ3v) is 4.39. The molecule has 0 atom stereocenters. The second-order valence-corrected chi connectivity index (χ2v) is 6.77. The van der Waals surface area contributed by atoms with Crippen molar-refractivity contribution in [1.29, 1.82) is 0 Å². The van der Waals surface area contributed by atoms with Gasteiger partial charge in [0.2, 0.25) is 11.8 Å². The van der Waals surface area contributed by atoms with Crippen LogP contribution in [0, 0.1) is 5.82 Å². The van der Waals surface area contributed by atoms with Crippen molar-refractivity contribution in [2.24, 2.45) is 0 Å². The maximum Gasteiger partial charge on any atom is 0.247 e. The van der Waals surface area contributed by atoms with Crippen LogP contribution in [0.4, 0.5) is 21.6 Å². The summed E-state index contributed by atoms with van der Waals surface area (Å²) in [4.78, 5) is 31.4. The smallest absolute Gasteiger partial charge is 0.247 e. The number of fused-ring (bicyclic) bond motifs is 1. The molecular formula is C21H19ClFN5O3. The quantitative estimate of drug-likeness (QED) is 0.361. The summed E-state index contributed by atoms with van der Waals surface area (Å²) in [6, 6.07) is 7.49. The van der Waals surface area contributed by atoms with Gasteiger partial charge in [0.25, 0.3) is 0 Å². The zero-order valence-corrected chi connectivity index (χ0v) is 17.3. The van der Waals surface area contributed by atoms with E-state index in [1.54, 1.807) is 12.1 Å². The number of anilines is 3. The molecule has 0 fully saturated rings. The molecule has 0 saturated carbocycles.